The molecule has 0 aliphatic rings. The van der Waals surface area contributed by atoms with Gasteiger partial charge in [0.1, 0.15) is 0 Å². The van der Waals surface area contributed by atoms with Crippen LogP contribution in [0, 0.1) is 0 Å². The number of hydrazine groups is 1. The fraction of sp³-hybridized carbons (Fsp3) is 0.971. The molecule has 0 radical (unpaired) electrons. The molecular formula is C34H70N2O2. The second-order valence-electron chi connectivity index (χ2n) is 12.1. The van der Waals surface area contributed by atoms with Gasteiger partial charge in [-0.25, -0.2) is 5.84 Å². The van der Waals surface area contributed by atoms with Crippen molar-refractivity contribution >= 4 is 5.91 Å². The highest BCUT2D eigenvalue weighted by molar-refractivity contribution is 5.74. The van der Waals surface area contributed by atoms with E-state index in [0.717, 1.165) is 12.8 Å². The van der Waals surface area contributed by atoms with Crippen molar-refractivity contribution in [2.24, 2.45) is 5.84 Å². The Hall–Kier alpha value is -0.610. The van der Waals surface area contributed by atoms with Crippen molar-refractivity contribution in [1.29, 1.82) is 0 Å². The molecule has 0 unspecified atom stereocenters. The first-order valence-electron chi connectivity index (χ1n) is 17.4. The number of hydrogen-bond acceptors (Lipinski definition) is 3. The molecule has 0 aliphatic carbocycles. The van der Waals surface area contributed by atoms with Crippen molar-refractivity contribution in [1.82, 2.24) is 5.17 Å². The van der Waals surface area contributed by atoms with Gasteiger partial charge in [-0.2, -0.15) is 5.17 Å². The summed E-state index contributed by atoms with van der Waals surface area (Å²) in [6, 6.07) is 0. The Labute approximate surface area is 239 Å². The number of nitrogens with zero attached hydrogens (tertiary/aromatic N) is 1. The van der Waals surface area contributed by atoms with Gasteiger partial charge >= 0.3 is 0 Å². The topological polar surface area (TPSA) is 66.6 Å². The first kappa shape index (κ1) is 37.4. The number of carbonyl (C=O) groups excluding carboxylic acids is 1. The summed E-state index contributed by atoms with van der Waals surface area (Å²) < 4.78 is 0. The van der Waals surface area contributed by atoms with Crippen molar-refractivity contribution in [2.45, 2.75) is 212 Å². The van der Waals surface area contributed by atoms with Crippen molar-refractivity contribution < 1.29 is 10.0 Å². The number of hydrogen-bond donors (Lipinski definition) is 2. The molecule has 0 bridgehead atoms. The molecule has 38 heavy (non-hydrogen) atoms. The summed E-state index contributed by atoms with van der Waals surface area (Å²) in [5, 5.41) is 9.01. The summed E-state index contributed by atoms with van der Waals surface area (Å²) in [6.45, 7) is 2.30. The number of hydroxylamine groups is 1. The standard InChI is InChI=1S/C34H70N2O2/c1-2-3-4-5-6-7-8-9-10-11-12-13-14-15-16-17-18-19-20-21-22-23-24-25-26-27-28-29-30-31-32-33-34(37)36(35)38/h38H,2-33,35H2,1H3. The van der Waals surface area contributed by atoms with E-state index < -0.39 is 0 Å². The van der Waals surface area contributed by atoms with Gasteiger partial charge in [0.25, 0.3) is 5.91 Å². The minimum absolute atomic E-state index is 0.211. The normalized spacial score (nSPS) is 11.3. The first-order chi connectivity index (χ1) is 18.7. The Morgan fingerprint density at radius 3 is 0.789 bits per heavy atom. The average Bonchev–Trinajstić information content (AvgIpc) is 2.91. The largest absolute Gasteiger partial charge is 0.271 e. The monoisotopic (exact) mass is 539 g/mol. The molecule has 0 saturated heterocycles. The highest BCUT2D eigenvalue weighted by atomic mass is 16.5. The summed E-state index contributed by atoms with van der Waals surface area (Å²) in [5.41, 5.74) is 0. The van der Waals surface area contributed by atoms with Crippen LogP contribution in [0.2, 0.25) is 0 Å². The molecule has 0 spiro atoms. The van der Waals surface area contributed by atoms with E-state index >= 15 is 0 Å². The number of rotatable bonds is 32. The third-order valence-corrected chi connectivity index (χ3v) is 8.25. The van der Waals surface area contributed by atoms with Crippen LogP contribution in [0.15, 0.2) is 0 Å². The van der Waals surface area contributed by atoms with Crippen LogP contribution in [0.25, 0.3) is 0 Å². The van der Waals surface area contributed by atoms with E-state index in [0.29, 0.717) is 6.42 Å². The Balaban J connectivity index is 3.05. The van der Waals surface area contributed by atoms with Crippen LogP contribution in [0.3, 0.4) is 0 Å². The molecule has 1 amide bonds. The lowest BCUT2D eigenvalue weighted by Gasteiger charge is -2.07. The zero-order chi connectivity index (χ0) is 27.8. The second kappa shape index (κ2) is 32.6. The Kier molecular flexibility index (Phi) is 32.1. The zero-order valence-corrected chi connectivity index (χ0v) is 26.0. The van der Waals surface area contributed by atoms with Crippen LogP contribution in [0.5, 0.6) is 0 Å². The summed E-state index contributed by atoms with van der Waals surface area (Å²) >= 11 is 0. The van der Waals surface area contributed by atoms with Crippen molar-refractivity contribution in [3.8, 4) is 0 Å². The molecule has 0 aromatic carbocycles. The average molecular weight is 539 g/mol. The highest BCUT2D eigenvalue weighted by Gasteiger charge is 2.05. The lowest BCUT2D eigenvalue weighted by molar-refractivity contribution is -0.166. The van der Waals surface area contributed by atoms with E-state index in [4.69, 9.17) is 11.0 Å². The predicted molar refractivity (Wildman–Crippen MR) is 166 cm³/mol. The minimum atomic E-state index is -0.389. The van der Waals surface area contributed by atoms with E-state index in [-0.39, 0.29) is 11.1 Å². The van der Waals surface area contributed by atoms with Crippen LogP contribution in [0.4, 0.5) is 0 Å². The van der Waals surface area contributed by atoms with Gasteiger partial charge in [0, 0.05) is 6.42 Å². The molecule has 4 heteroatoms. The van der Waals surface area contributed by atoms with Gasteiger partial charge in [-0.05, 0) is 6.42 Å². The van der Waals surface area contributed by atoms with Crippen LogP contribution in [-0.2, 0) is 4.79 Å². The van der Waals surface area contributed by atoms with Gasteiger partial charge in [0.15, 0.2) is 0 Å². The number of carbonyl (C=O) groups is 1. The fourth-order valence-corrected chi connectivity index (χ4v) is 5.59. The number of amides is 1. The number of nitrogens with two attached hydrogens (primary N) is 1. The molecule has 0 rings (SSSR count). The molecule has 0 aromatic rings. The molecule has 228 valence electrons. The Morgan fingerprint density at radius 2 is 0.605 bits per heavy atom. The van der Waals surface area contributed by atoms with Gasteiger partial charge in [0.05, 0.1) is 0 Å². The molecule has 4 nitrogen and oxygen atoms in total. The van der Waals surface area contributed by atoms with Crippen LogP contribution < -0.4 is 5.84 Å². The summed E-state index contributed by atoms with van der Waals surface area (Å²) in [6.07, 6.45) is 43.6. The third-order valence-electron chi connectivity index (χ3n) is 8.25. The summed E-state index contributed by atoms with van der Waals surface area (Å²) in [5.74, 6) is 4.60. The van der Waals surface area contributed by atoms with Gasteiger partial charge < -0.3 is 0 Å². The molecule has 0 atom stereocenters. The lowest BCUT2D eigenvalue weighted by Crippen LogP contribution is -2.33. The van der Waals surface area contributed by atoms with E-state index in [1.165, 1.54) is 186 Å². The van der Waals surface area contributed by atoms with Crippen molar-refractivity contribution in [3.05, 3.63) is 0 Å². The predicted octanol–water partition coefficient (Wildman–Crippen LogP) is 11.6. The molecular weight excluding hydrogens is 468 g/mol. The van der Waals surface area contributed by atoms with Gasteiger partial charge in [0.2, 0.25) is 0 Å². The van der Waals surface area contributed by atoms with E-state index in [1.807, 2.05) is 0 Å². The summed E-state index contributed by atoms with van der Waals surface area (Å²) in [7, 11) is 0. The van der Waals surface area contributed by atoms with Gasteiger partial charge in [-0.1, -0.05) is 200 Å². The molecule has 0 aliphatic heterocycles. The maximum absolute atomic E-state index is 11.2. The molecule has 0 saturated carbocycles. The highest BCUT2D eigenvalue weighted by Crippen LogP contribution is 2.16. The van der Waals surface area contributed by atoms with E-state index in [9.17, 15) is 4.79 Å². The minimum Gasteiger partial charge on any atom is -0.271 e. The number of unbranched alkanes of at least 4 members (excludes halogenated alkanes) is 30. The van der Waals surface area contributed by atoms with E-state index in [1.54, 1.807) is 0 Å². The molecule has 0 aromatic heterocycles. The van der Waals surface area contributed by atoms with Gasteiger partial charge in [-0.3, -0.25) is 10.0 Å². The fourth-order valence-electron chi connectivity index (χ4n) is 5.59. The first-order valence-corrected chi connectivity index (χ1v) is 17.4. The Morgan fingerprint density at radius 1 is 0.421 bits per heavy atom. The van der Waals surface area contributed by atoms with Crippen molar-refractivity contribution in [2.75, 3.05) is 0 Å². The zero-order valence-electron chi connectivity index (χ0n) is 26.0. The quantitative estimate of drug-likeness (QED) is 0.0294. The van der Waals surface area contributed by atoms with Crippen LogP contribution in [0.1, 0.15) is 212 Å². The molecule has 0 heterocycles. The molecule has 0 fully saturated rings. The molecule has 3 N–H and O–H groups in total. The van der Waals surface area contributed by atoms with Crippen LogP contribution >= 0.6 is 0 Å². The second-order valence-corrected chi connectivity index (χ2v) is 12.1. The lowest BCUT2D eigenvalue weighted by atomic mass is 10.0. The van der Waals surface area contributed by atoms with Crippen LogP contribution in [-0.4, -0.2) is 16.3 Å². The summed E-state index contributed by atoms with van der Waals surface area (Å²) in [4.78, 5) is 11.2. The maximum Gasteiger partial charge on any atom is 0.260 e. The smallest absolute Gasteiger partial charge is 0.260 e. The van der Waals surface area contributed by atoms with Crippen molar-refractivity contribution in [3.63, 3.8) is 0 Å². The van der Waals surface area contributed by atoms with E-state index in [2.05, 4.69) is 6.92 Å². The SMILES string of the molecule is CCCCCCCCCCCCCCCCCCCCCCCCCCCCCCCCCC(=O)N(N)O. The van der Waals surface area contributed by atoms with Gasteiger partial charge in [-0.15, -0.1) is 0 Å². The third kappa shape index (κ3) is 31.6. The Bertz CT molecular complexity index is 456. The maximum atomic E-state index is 11.2.